The second-order valence-electron chi connectivity index (χ2n) is 9.18. The quantitative estimate of drug-likeness (QED) is 0.455. The number of benzene rings is 1. The van der Waals surface area contributed by atoms with Crippen LogP contribution in [0.15, 0.2) is 54.9 Å². The van der Waals surface area contributed by atoms with E-state index in [1.807, 2.05) is 48.2 Å². The van der Waals surface area contributed by atoms with E-state index in [2.05, 4.69) is 23.0 Å². The van der Waals surface area contributed by atoms with Crippen LogP contribution in [0.3, 0.4) is 0 Å². The molecule has 1 amide bonds. The molecule has 1 aliphatic heterocycles. The zero-order valence-corrected chi connectivity index (χ0v) is 20.3. The molecule has 0 bridgehead atoms. The first-order valence-electron chi connectivity index (χ1n) is 12.2. The maximum atomic E-state index is 13.2. The number of nitriles is 1. The number of hydrogen-bond donors (Lipinski definition) is 0. The van der Waals surface area contributed by atoms with Crippen molar-refractivity contribution in [2.45, 2.75) is 51.9 Å². The van der Waals surface area contributed by atoms with E-state index in [0.29, 0.717) is 29.8 Å². The fourth-order valence-corrected chi connectivity index (χ4v) is 4.54. The number of likely N-dealkylation sites (tertiary alicyclic amines) is 1. The molecule has 0 spiro atoms. The lowest BCUT2D eigenvalue weighted by atomic mass is 9.92. The summed E-state index contributed by atoms with van der Waals surface area (Å²) in [6.07, 6.45) is 7.10. The highest BCUT2D eigenvalue weighted by Gasteiger charge is 2.25. The fraction of sp³-hybridized carbons (Fsp3) is 0.345. The Hall–Kier alpha value is -3.85. The third-order valence-corrected chi connectivity index (χ3v) is 6.72. The van der Waals surface area contributed by atoms with Gasteiger partial charge in [-0.25, -0.2) is 0 Å². The van der Waals surface area contributed by atoms with Crippen molar-refractivity contribution in [1.82, 2.24) is 14.9 Å². The van der Waals surface area contributed by atoms with E-state index in [1.54, 1.807) is 18.5 Å². The third-order valence-electron chi connectivity index (χ3n) is 6.72. The predicted molar refractivity (Wildman–Crippen MR) is 134 cm³/mol. The number of pyridine rings is 2. The van der Waals surface area contributed by atoms with E-state index in [4.69, 9.17) is 5.26 Å². The lowest BCUT2D eigenvalue weighted by Crippen LogP contribution is -2.38. The Bertz CT molecular complexity index is 1240. The Morgan fingerprint density at radius 2 is 1.80 bits per heavy atom. The molecule has 1 fully saturated rings. The Balaban J connectivity index is 1.40. The number of nitrogens with zero attached hydrogens (tertiary/aromatic N) is 4. The molecule has 1 aliphatic rings. The maximum absolute atomic E-state index is 13.2. The molecule has 0 saturated carbocycles. The molecular weight excluding hydrogens is 436 g/mol. The SMILES string of the molecule is CCCc1ccc(C(=O)Cc2cc(C(=O)N3CCC(c4ccc(C#N)cn4)CC3)ccc2C)cn1. The van der Waals surface area contributed by atoms with Gasteiger partial charge in [0.2, 0.25) is 0 Å². The first-order valence-corrected chi connectivity index (χ1v) is 12.2. The van der Waals surface area contributed by atoms with Gasteiger partial charge in [-0.3, -0.25) is 19.6 Å². The van der Waals surface area contributed by atoms with Crippen LogP contribution < -0.4 is 0 Å². The number of amides is 1. The molecule has 1 aromatic carbocycles. The van der Waals surface area contributed by atoms with Gasteiger partial charge in [-0.1, -0.05) is 19.4 Å². The number of Topliss-reactive ketones (excluding diaryl/α,β-unsaturated/α-hetero) is 1. The van der Waals surface area contributed by atoms with Crippen LogP contribution in [0, 0.1) is 18.3 Å². The summed E-state index contributed by atoms with van der Waals surface area (Å²) < 4.78 is 0. The largest absolute Gasteiger partial charge is 0.339 e. The van der Waals surface area contributed by atoms with E-state index in [0.717, 1.165) is 48.2 Å². The minimum atomic E-state index is -0.00415. The van der Waals surface area contributed by atoms with Crippen molar-refractivity contribution >= 4 is 11.7 Å². The summed E-state index contributed by atoms with van der Waals surface area (Å²) >= 11 is 0. The van der Waals surface area contributed by atoms with E-state index < -0.39 is 0 Å². The van der Waals surface area contributed by atoms with Gasteiger partial charge in [0.05, 0.1) is 5.56 Å². The minimum Gasteiger partial charge on any atom is -0.339 e. The molecule has 6 heteroatoms. The highest BCUT2D eigenvalue weighted by atomic mass is 16.2. The van der Waals surface area contributed by atoms with Crippen molar-refractivity contribution in [1.29, 1.82) is 5.26 Å². The summed E-state index contributed by atoms with van der Waals surface area (Å²) in [6, 6.07) is 15.2. The Kier molecular flexibility index (Phi) is 7.67. The van der Waals surface area contributed by atoms with Gasteiger partial charge in [0.15, 0.2) is 5.78 Å². The zero-order valence-electron chi connectivity index (χ0n) is 20.3. The number of ketones is 1. The monoisotopic (exact) mass is 466 g/mol. The first kappa shape index (κ1) is 24.3. The smallest absolute Gasteiger partial charge is 0.253 e. The van der Waals surface area contributed by atoms with Crippen molar-refractivity contribution in [2.75, 3.05) is 13.1 Å². The Labute approximate surface area is 206 Å². The number of aryl methyl sites for hydroxylation is 2. The van der Waals surface area contributed by atoms with E-state index in [-0.39, 0.29) is 24.0 Å². The molecule has 6 nitrogen and oxygen atoms in total. The molecular formula is C29H30N4O2. The molecule has 178 valence electrons. The van der Waals surface area contributed by atoms with Gasteiger partial charge in [-0.15, -0.1) is 0 Å². The summed E-state index contributed by atoms with van der Waals surface area (Å²) in [5, 5.41) is 8.96. The van der Waals surface area contributed by atoms with Gasteiger partial charge in [0.1, 0.15) is 6.07 Å². The minimum absolute atomic E-state index is 0.00368. The number of rotatable bonds is 7. The lowest BCUT2D eigenvalue weighted by molar-refractivity contribution is 0.0711. The molecule has 0 radical (unpaired) electrons. The molecule has 3 heterocycles. The molecule has 0 N–H and O–H groups in total. The van der Waals surface area contributed by atoms with Crippen LogP contribution in [-0.4, -0.2) is 39.6 Å². The highest BCUT2D eigenvalue weighted by molar-refractivity contribution is 5.98. The van der Waals surface area contributed by atoms with Crippen molar-refractivity contribution in [2.24, 2.45) is 0 Å². The molecule has 35 heavy (non-hydrogen) atoms. The summed E-state index contributed by atoms with van der Waals surface area (Å²) in [4.78, 5) is 36.8. The van der Waals surface area contributed by atoms with Gasteiger partial charge in [-0.2, -0.15) is 5.26 Å². The van der Waals surface area contributed by atoms with Crippen LogP contribution in [0.1, 0.15) is 80.9 Å². The topological polar surface area (TPSA) is 87.0 Å². The van der Waals surface area contributed by atoms with Crippen molar-refractivity contribution in [3.8, 4) is 6.07 Å². The van der Waals surface area contributed by atoms with E-state index in [9.17, 15) is 9.59 Å². The van der Waals surface area contributed by atoms with Gasteiger partial charge >= 0.3 is 0 Å². The van der Waals surface area contributed by atoms with Crippen molar-refractivity contribution in [3.05, 3.63) is 94.1 Å². The molecule has 1 saturated heterocycles. The van der Waals surface area contributed by atoms with Crippen LogP contribution in [0.5, 0.6) is 0 Å². The number of aromatic nitrogens is 2. The predicted octanol–water partition coefficient (Wildman–Crippen LogP) is 5.05. The van der Waals surface area contributed by atoms with Crippen LogP contribution in [0.4, 0.5) is 0 Å². The lowest BCUT2D eigenvalue weighted by Gasteiger charge is -2.32. The number of piperidine rings is 1. The second-order valence-corrected chi connectivity index (χ2v) is 9.18. The summed E-state index contributed by atoms with van der Waals surface area (Å²) in [7, 11) is 0. The summed E-state index contributed by atoms with van der Waals surface area (Å²) in [5.41, 5.74) is 5.60. The summed E-state index contributed by atoms with van der Waals surface area (Å²) in [5.74, 6) is 0.287. The second kappa shape index (κ2) is 11.1. The average molecular weight is 467 g/mol. The molecule has 3 aromatic rings. The van der Waals surface area contributed by atoms with Gasteiger partial charge in [0.25, 0.3) is 5.91 Å². The van der Waals surface area contributed by atoms with Gasteiger partial charge in [0, 0.05) is 60.3 Å². The fourth-order valence-electron chi connectivity index (χ4n) is 4.54. The Morgan fingerprint density at radius 1 is 1.03 bits per heavy atom. The Morgan fingerprint density at radius 3 is 2.43 bits per heavy atom. The zero-order chi connectivity index (χ0) is 24.8. The third kappa shape index (κ3) is 5.81. The van der Waals surface area contributed by atoms with Crippen LogP contribution >= 0.6 is 0 Å². The first-order chi connectivity index (χ1) is 17.0. The number of carbonyl (C=O) groups is 2. The van der Waals surface area contributed by atoms with Crippen molar-refractivity contribution < 1.29 is 9.59 Å². The van der Waals surface area contributed by atoms with E-state index in [1.165, 1.54) is 0 Å². The molecule has 0 atom stereocenters. The maximum Gasteiger partial charge on any atom is 0.253 e. The van der Waals surface area contributed by atoms with Crippen LogP contribution in [0.25, 0.3) is 0 Å². The van der Waals surface area contributed by atoms with Crippen LogP contribution in [-0.2, 0) is 12.8 Å². The summed E-state index contributed by atoms with van der Waals surface area (Å²) in [6.45, 7) is 5.38. The van der Waals surface area contributed by atoms with Crippen LogP contribution in [0.2, 0.25) is 0 Å². The van der Waals surface area contributed by atoms with Gasteiger partial charge < -0.3 is 4.90 Å². The number of hydrogen-bond acceptors (Lipinski definition) is 5. The number of carbonyl (C=O) groups excluding carboxylic acids is 2. The normalized spacial score (nSPS) is 13.9. The van der Waals surface area contributed by atoms with E-state index >= 15 is 0 Å². The average Bonchev–Trinajstić information content (AvgIpc) is 2.90. The van der Waals surface area contributed by atoms with Gasteiger partial charge in [-0.05, 0) is 73.7 Å². The molecule has 2 aromatic heterocycles. The van der Waals surface area contributed by atoms with Crippen molar-refractivity contribution in [3.63, 3.8) is 0 Å². The molecule has 0 aliphatic carbocycles. The highest BCUT2D eigenvalue weighted by Crippen LogP contribution is 2.28. The molecule has 4 rings (SSSR count). The molecule has 0 unspecified atom stereocenters. The standard InChI is InChI=1S/C29H30N4O2/c1-3-4-26-9-8-24(19-31-26)28(34)16-25-15-23(7-5-20(25)2)29(35)33-13-11-22(12-14-33)27-10-6-21(17-30)18-32-27/h5-10,15,18-19,22H,3-4,11-14,16H2,1-2H3.